The van der Waals surface area contributed by atoms with Crippen LogP contribution in [0.3, 0.4) is 0 Å². The summed E-state index contributed by atoms with van der Waals surface area (Å²) in [7, 11) is 4.88. The molecule has 0 amide bonds. The first kappa shape index (κ1) is 37.0. The predicted molar refractivity (Wildman–Crippen MR) is 225 cm³/mol. The summed E-state index contributed by atoms with van der Waals surface area (Å²) < 4.78 is 18.5. The maximum absolute atomic E-state index is 12.9. The number of fused-ring (bicyclic) bond motifs is 1. The number of methoxy groups -OCH3 is 3. The van der Waals surface area contributed by atoms with E-state index in [4.69, 9.17) is 24.9 Å². The summed E-state index contributed by atoms with van der Waals surface area (Å²) in [5.74, 6) is 8.04. The first-order valence-electron chi connectivity index (χ1n) is 17.9. The number of nitrogens with two attached hydrogens (primary N) is 1. The molecule has 0 spiro atoms. The Kier molecular flexibility index (Phi) is 10.1. The van der Waals surface area contributed by atoms with E-state index in [-0.39, 0.29) is 0 Å². The molecule has 0 aliphatic heterocycles. The Bertz CT molecular complexity index is 2290. The van der Waals surface area contributed by atoms with E-state index in [0.29, 0.717) is 45.3 Å². The quantitative estimate of drug-likeness (QED) is 0.0838. The molecule has 280 valence electrons. The van der Waals surface area contributed by atoms with Crippen LogP contribution in [0.5, 0.6) is 23.0 Å². The third-order valence-electron chi connectivity index (χ3n) is 10.3. The number of rotatable bonds is 12. The Balaban J connectivity index is 1.23. The maximum Gasteiger partial charge on any atom is 0.146 e. The van der Waals surface area contributed by atoms with E-state index in [1.54, 1.807) is 56.1 Å². The fourth-order valence-electron chi connectivity index (χ4n) is 7.35. The van der Waals surface area contributed by atoms with Crippen LogP contribution >= 0.6 is 22.7 Å². The minimum atomic E-state index is -1.52. The van der Waals surface area contributed by atoms with Crippen LogP contribution in [0, 0.1) is 0 Å². The van der Waals surface area contributed by atoms with Crippen molar-refractivity contribution in [2.75, 3.05) is 21.3 Å². The van der Waals surface area contributed by atoms with Crippen molar-refractivity contribution in [3.8, 4) is 43.9 Å². The van der Waals surface area contributed by atoms with Gasteiger partial charge in [0.25, 0.3) is 0 Å². The molecule has 0 bridgehead atoms. The van der Waals surface area contributed by atoms with Crippen molar-refractivity contribution in [3.63, 3.8) is 0 Å². The molecule has 0 saturated heterocycles. The lowest BCUT2D eigenvalue weighted by atomic mass is 9.78. The number of hydrogen-bond donors (Lipinski definition) is 3. The monoisotopic (exact) mass is 777 g/mol. The number of hydrogen-bond acceptors (Lipinski definition) is 9. The Morgan fingerprint density at radius 3 is 1.04 bits per heavy atom. The van der Waals surface area contributed by atoms with Gasteiger partial charge in [-0.25, -0.2) is 0 Å². The fraction of sp³-hybridized carbons (Fsp3) is 0.106. The molecular weight excluding hydrogens is 739 g/mol. The highest BCUT2D eigenvalue weighted by Gasteiger charge is 2.38. The summed E-state index contributed by atoms with van der Waals surface area (Å²) >= 11 is 3.34. The highest BCUT2D eigenvalue weighted by molar-refractivity contribution is 7.31. The molecule has 0 aliphatic carbocycles. The molecule has 0 saturated carbocycles. The van der Waals surface area contributed by atoms with Crippen LogP contribution in [0.2, 0.25) is 0 Å². The summed E-state index contributed by atoms with van der Waals surface area (Å²) in [6.07, 6.45) is 0. The maximum atomic E-state index is 12.9. The number of thiophene rings is 2. The van der Waals surface area contributed by atoms with Gasteiger partial charge < -0.3 is 29.3 Å². The summed E-state index contributed by atoms with van der Waals surface area (Å²) in [4.78, 5) is 7.00. The van der Waals surface area contributed by atoms with Gasteiger partial charge in [-0.1, -0.05) is 97.1 Å². The average Bonchev–Trinajstić information content (AvgIpc) is 3.86. The first-order valence-corrected chi connectivity index (χ1v) is 19.5. The lowest BCUT2D eigenvalue weighted by Crippen LogP contribution is -2.29. The van der Waals surface area contributed by atoms with Crippen molar-refractivity contribution in [2.45, 2.75) is 11.2 Å². The molecule has 1 atom stereocenters. The smallest absolute Gasteiger partial charge is 0.146 e. The molecule has 56 heavy (non-hydrogen) atoms. The second-order valence-electron chi connectivity index (χ2n) is 13.3. The van der Waals surface area contributed by atoms with E-state index in [0.717, 1.165) is 41.4 Å². The molecule has 8 aromatic rings. The summed E-state index contributed by atoms with van der Waals surface area (Å²) in [5, 5.41) is 25.9. The van der Waals surface area contributed by atoms with E-state index >= 15 is 0 Å². The molecular formula is C47H39NO6S2. The van der Waals surface area contributed by atoms with Crippen molar-refractivity contribution in [1.29, 1.82) is 0 Å². The molecule has 2 heterocycles. The Labute approximate surface area is 333 Å². The van der Waals surface area contributed by atoms with Crippen molar-refractivity contribution in [3.05, 3.63) is 191 Å². The number of ether oxygens (including phenoxy) is 3. The van der Waals surface area contributed by atoms with E-state index < -0.39 is 11.2 Å². The third-order valence-corrected chi connectivity index (χ3v) is 12.7. The van der Waals surface area contributed by atoms with Crippen molar-refractivity contribution >= 4 is 32.1 Å². The first-order chi connectivity index (χ1) is 27.3. The van der Waals surface area contributed by atoms with Gasteiger partial charge in [-0.15, -0.1) is 22.7 Å². The van der Waals surface area contributed by atoms with Gasteiger partial charge in [0, 0.05) is 30.3 Å². The van der Waals surface area contributed by atoms with Gasteiger partial charge >= 0.3 is 0 Å². The van der Waals surface area contributed by atoms with E-state index in [9.17, 15) is 10.2 Å². The molecule has 1 unspecified atom stereocenters. The highest BCUT2D eigenvalue weighted by Crippen LogP contribution is 2.49. The summed E-state index contributed by atoms with van der Waals surface area (Å²) in [6.45, 7) is 0. The molecule has 6 aromatic carbocycles. The standard InChI is InChI=1S/C47H39NO6S2/c1-51-34-20-12-30(13-21-34)46(49,31-14-22-35(52-2)23-15-31)40-10-6-4-8-38(40)42-28-44-45(55-42)29-43(56-44)39-9-5-7-11-41(39)47(50,32-16-24-36(53-3)25-17-32)33-18-26-37(54-48)27-19-33/h4-29,49-50H,48H2,1-3H3. The molecule has 4 N–H and O–H groups in total. The van der Waals surface area contributed by atoms with Crippen LogP contribution in [-0.2, 0) is 11.2 Å². The van der Waals surface area contributed by atoms with Crippen LogP contribution in [0.25, 0.3) is 30.3 Å². The molecule has 0 fully saturated rings. The van der Waals surface area contributed by atoms with Gasteiger partial charge in [-0.05, 0) is 94.0 Å². The van der Waals surface area contributed by atoms with Gasteiger partial charge in [0.1, 0.15) is 34.2 Å². The van der Waals surface area contributed by atoms with E-state index in [2.05, 4.69) is 24.3 Å². The second kappa shape index (κ2) is 15.3. The second-order valence-corrected chi connectivity index (χ2v) is 15.5. The Hall–Kier alpha value is -5.94. The molecule has 9 heteroatoms. The Morgan fingerprint density at radius 2 is 0.732 bits per heavy atom. The van der Waals surface area contributed by atoms with Crippen molar-refractivity contribution in [2.24, 2.45) is 5.90 Å². The zero-order valence-corrected chi connectivity index (χ0v) is 32.6. The van der Waals surface area contributed by atoms with Crippen molar-refractivity contribution in [1.82, 2.24) is 0 Å². The van der Waals surface area contributed by atoms with E-state index in [1.807, 2.05) is 121 Å². The highest BCUT2D eigenvalue weighted by atomic mass is 32.1. The van der Waals surface area contributed by atoms with Crippen LogP contribution in [0.15, 0.2) is 158 Å². The van der Waals surface area contributed by atoms with Gasteiger partial charge in [0.2, 0.25) is 0 Å². The Morgan fingerprint density at radius 1 is 0.429 bits per heavy atom. The van der Waals surface area contributed by atoms with Crippen LogP contribution in [0.4, 0.5) is 0 Å². The van der Waals surface area contributed by atoms with Gasteiger partial charge in [0.05, 0.1) is 21.3 Å². The van der Waals surface area contributed by atoms with Gasteiger partial charge in [-0.3, -0.25) is 0 Å². The number of aliphatic hydroxyl groups is 2. The molecule has 0 radical (unpaired) electrons. The lowest BCUT2D eigenvalue weighted by molar-refractivity contribution is 0.126. The molecule has 0 aliphatic rings. The zero-order valence-electron chi connectivity index (χ0n) is 30.9. The molecule has 7 nitrogen and oxygen atoms in total. The third kappa shape index (κ3) is 6.49. The van der Waals surface area contributed by atoms with Crippen LogP contribution in [-0.4, -0.2) is 31.5 Å². The summed E-state index contributed by atoms with van der Waals surface area (Å²) in [6, 6.07) is 50.1. The topological polar surface area (TPSA) is 103 Å². The number of benzene rings is 6. The zero-order chi connectivity index (χ0) is 38.9. The molecule has 2 aromatic heterocycles. The van der Waals surface area contributed by atoms with E-state index in [1.165, 1.54) is 0 Å². The average molecular weight is 778 g/mol. The normalized spacial score (nSPS) is 12.6. The predicted octanol–water partition coefficient (Wildman–Crippen LogP) is 10.1. The lowest BCUT2D eigenvalue weighted by Gasteiger charge is -2.32. The van der Waals surface area contributed by atoms with Crippen LogP contribution in [0.1, 0.15) is 33.4 Å². The fourth-order valence-corrected chi connectivity index (χ4v) is 9.83. The van der Waals surface area contributed by atoms with Crippen LogP contribution < -0.4 is 24.9 Å². The summed E-state index contributed by atoms with van der Waals surface area (Å²) in [5.41, 5.74) is 3.08. The minimum Gasteiger partial charge on any atom is -0.497 e. The van der Waals surface area contributed by atoms with Gasteiger partial charge in [0.15, 0.2) is 0 Å². The minimum absolute atomic E-state index is 0.487. The molecule has 8 rings (SSSR count). The SMILES string of the molecule is COc1ccc(C(O)(c2ccc(OC)cc2)c2ccccc2-c2cc3sc(-c4ccccc4C(O)(c4ccc(OC)cc4)c4ccc(ON)cc4)cc3s2)cc1. The van der Waals surface area contributed by atoms with Crippen molar-refractivity contribution < 1.29 is 29.3 Å². The van der Waals surface area contributed by atoms with Gasteiger partial charge in [-0.2, -0.15) is 5.90 Å². The largest absolute Gasteiger partial charge is 0.497 e.